The number of guanidine groups is 1. The van der Waals surface area contributed by atoms with Gasteiger partial charge in [0.05, 0.1) is 13.7 Å². The largest absolute Gasteiger partial charge is 0.493 e. The minimum atomic E-state index is 0.645. The standard InChI is InChI=1S/C23H37N5O2/c1-7-28(8-2)14-15-30-21-12-11-19(16-22(21)29-6)17-25-23(24-3)27(5)18-20-10-9-13-26(20)4/h9-13,16H,7-8,14-15,17-18H2,1-6H3,(H,24,25). The van der Waals surface area contributed by atoms with E-state index in [4.69, 9.17) is 9.47 Å². The first kappa shape index (κ1) is 23.6. The third-order valence-electron chi connectivity index (χ3n) is 5.26. The Morgan fingerprint density at radius 1 is 1.17 bits per heavy atom. The molecule has 0 unspecified atom stereocenters. The van der Waals surface area contributed by atoms with Crippen LogP contribution in [0.5, 0.6) is 11.5 Å². The highest BCUT2D eigenvalue weighted by atomic mass is 16.5. The highest BCUT2D eigenvalue weighted by molar-refractivity contribution is 5.79. The lowest BCUT2D eigenvalue weighted by atomic mass is 10.2. The van der Waals surface area contributed by atoms with Gasteiger partial charge in [-0.05, 0) is 42.9 Å². The molecule has 1 aromatic carbocycles. The normalized spacial score (nSPS) is 11.6. The van der Waals surface area contributed by atoms with E-state index in [1.165, 1.54) is 5.69 Å². The molecule has 0 aliphatic carbocycles. The Morgan fingerprint density at radius 3 is 2.53 bits per heavy atom. The second-order valence-electron chi connectivity index (χ2n) is 7.23. The maximum atomic E-state index is 5.95. The number of hydrogen-bond acceptors (Lipinski definition) is 4. The smallest absolute Gasteiger partial charge is 0.194 e. The Morgan fingerprint density at radius 2 is 1.93 bits per heavy atom. The van der Waals surface area contributed by atoms with Gasteiger partial charge in [0, 0.05) is 46.1 Å². The summed E-state index contributed by atoms with van der Waals surface area (Å²) in [5, 5.41) is 3.43. The van der Waals surface area contributed by atoms with Crippen LogP contribution in [0.25, 0.3) is 0 Å². The summed E-state index contributed by atoms with van der Waals surface area (Å²) in [5.41, 5.74) is 2.34. The topological polar surface area (TPSA) is 54.3 Å². The third-order valence-corrected chi connectivity index (χ3v) is 5.26. The van der Waals surface area contributed by atoms with E-state index in [2.05, 4.69) is 70.0 Å². The van der Waals surface area contributed by atoms with E-state index in [9.17, 15) is 0 Å². The molecule has 2 rings (SSSR count). The van der Waals surface area contributed by atoms with Gasteiger partial charge >= 0.3 is 0 Å². The number of hydrogen-bond donors (Lipinski definition) is 1. The molecular formula is C23H37N5O2. The van der Waals surface area contributed by atoms with Crippen molar-refractivity contribution in [2.75, 3.05) is 47.4 Å². The summed E-state index contributed by atoms with van der Waals surface area (Å²) in [4.78, 5) is 8.85. The zero-order valence-electron chi connectivity index (χ0n) is 19.3. The first-order chi connectivity index (χ1) is 14.5. The molecule has 0 bridgehead atoms. The van der Waals surface area contributed by atoms with E-state index in [0.29, 0.717) is 13.2 Å². The monoisotopic (exact) mass is 415 g/mol. The van der Waals surface area contributed by atoms with Crippen molar-refractivity contribution < 1.29 is 9.47 Å². The zero-order valence-corrected chi connectivity index (χ0v) is 19.3. The molecule has 0 radical (unpaired) electrons. The molecule has 7 nitrogen and oxygen atoms in total. The van der Waals surface area contributed by atoms with Gasteiger partial charge in [-0.3, -0.25) is 4.99 Å². The van der Waals surface area contributed by atoms with Crippen molar-refractivity contribution in [3.63, 3.8) is 0 Å². The zero-order chi connectivity index (χ0) is 21.9. The molecule has 0 amide bonds. The lowest BCUT2D eigenvalue weighted by Crippen LogP contribution is -2.38. The molecule has 30 heavy (non-hydrogen) atoms. The predicted molar refractivity (Wildman–Crippen MR) is 123 cm³/mol. The second kappa shape index (κ2) is 12.1. The number of aromatic nitrogens is 1. The molecule has 0 aliphatic rings. The Labute approximate surface area is 181 Å². The van der Waals surface area contributed by atoms with Crippen LogP contribution >= 0.6 is 0 Å². The SMILES string of the molecule is CCN(CC)CCOc1ccc(CNC(=NC)N(C)Cc2cccn2C)cc1OC. The average molecular weight is 416 g/mol. The number of aliphatic imine (C=N–C) groups is 1. The van der Waals surface area contributed by atoms with E-state index in [0.717, 1.165) is 49.2 Å². The van der Waals surface area contributed by atoms with E-state index in [1.807, 2.05) is 19.2 Å². The fraction of sp³-hybridized carbons (Fsp3) is 0.522. The summed E-state index contributed by atoms with van der Waals surface area (Å²) >= 11 is 0. The van der Waals surface area contributed by atoms with Gasteiger partial charge < -0.3 is 29.2 Å². The lowest BCUT2D eigenvalue weighted by Gasteiger charge is -2.22. The molecular weight excluding hydrogens is 378 g/mol. The summed E-state index contributed by atoms with van der Waals surface area (Å²) in [6, 6.07) is 10.2. The maximum Gasteiger partial charge on any atom is 0.194 e. The van der Waals surface area contributed by atoms with Crippen molar-refractivity contribution in [2.24, 2.45) is 12.0 Å². The van der Waals surface area contributed by atoms with Gasteiger partial charge in [0.25, 0.3) is 0 Å². The van der Waals surface area contributed by atoms with E-state index in [1.54, 1.807) is 14.2 Å². The fourth-order valence-corrected chi connectivity index (χ4v) is 3.31. The fourth-order valence-electron chi connectivity index (χ4n) is 3.31. The van der Waals surface area contributed by atoms with Gasteiger partial charge in [0.15, 0.2) is 17.5 Å². The molecule has 1 aromatic heterocycles. The van der Waals surface area contributed by atoms with E-state index < -0.39 is 0 Å². The number of rotatable bonds is 11. The van der Waals surface area contributed by atoms with Gasteiger partial charge in [-0.2, -0.15) is 0 Å². The van der Waals surface area contributed by atoms with Gasteiger partial charge in [0.1, 0.15) is 6.61 Å². The molecule has 1 N–H and O–H groups in total. The predicted octanol–water partition coefficient (Wildman–Crippen LogP) is 2.96. The summed E-state index contributed by atoms with van der Waals surface area (Å²) in [6.45, 7) is 9.37. The molecule has 0 saturated carbocycles. The Bertz CT molecular complexity index is 799. The average Bonchev–Trinajstić information content (AvgIpc) is 3.16. The minimum Gasteiger partial charge on any atom is -0.493 e. The third kappa shape index (κ3) is 6.69. The number of aryl methyl sites for hydroxylation is 1. The summed E-state index contributed by atoms with van der Waals surface area (Å²) in [6.07, 6.45) is 2.05. The Kier molecular flexibility index (Phi) is 9.54. The Balaban J connectivity index is 1.93. The number of ether oxygens (including phenoxy) is 2. The second-order valence-corrected chi connectivity index (χ2v) is 7.23. The van der Waals surface area contributed by atoms with Crippen LogP contribution in [-0.2, 0) is 20.1 Å². The summed E-state index contributed by atoms with van der Waals surface area (Å²) in [5.74, 6) is 2.37. The molecule has 0 saturated heterocycles. The van der Waals surface area contributed by atoms with Crippen molar-refractivity contribution in [3.05, 3.63) is 47.8 Å². The van der Waals surface area contributed by atoms with Crippen LogP contribution in [0.15, 0.2) is 41.5 Å². The number of benzene rings is 1. The summed E-state index contributed by atoms with van der Waals surface area (Å²) < 4.78 is 13.6. The molecule has 0 aliphatic heterocycles. The van der Waals surface area contributed by atoms with Crippen LogP contribution < -0.4 is 14.8 Å². The number of nitrogens with one attached hydrogen (secondary N) is 1. The van der Waals surface area contributed by atoms with Crippen molar-refractivity contribution >= 4 is 5.96 Å². The lowest BCUT2D eigenvalue weighted by molar-refractivity contribution is 0.217. The molecule has 1 heterocycles. The number of likely N-dealkylation sites (N-methyl/N-ethyl adjacent to an activating group) is 1. The highest BCUT2D eigenvalue weighted by Gasteiger charge is 2.10. The van der Waals surface area contributed by atoms with E-state index >= 15 is 0 Å². The van der Waals surface area contributed by atoms with Crippen molar-refractivity contribution in [1.29, 1.82) is 0 Å². The first-order valence-electron chi connectivity index (χ1n) is 10.6. The summed E-state index contributed by atoms with van der Waals surface area (Å²) in [7, 11) is 7.57. The van der Waals surface area contributed by atoms with E-state index in [-0.39, 0.29) is 0 Å². The van der Waals surface area contributed by atoms with Crippen LogP contribution in [0.2, 0.25) is 0 Å². The first-order valence-corrected chi connectivity index (χ1v) is 10.6. The van der Waals surface area contributed by atoms with Gasteiger partial charge in [0.2, 0.25) is 0 Å². The molecule has 2 aromatic rings. The van der Waals surface area contributed by atoms with Crippen LogP contribution in [0.1, 0.15) is 25.1 Å². The van der Waals surface area contributed by atoms with Crippen molar-refractivity contribution in [3.8, 4) is 11.5 Å². The number of methoxy groups -OCH3 is 1. The highest BCUT2D eigenvalue weighted by Crippen LogP contribution is 2.28. The van der Waals surface area contributed by atoms with Crippen molar-refractivity contribution in [1.82, 2.24) is 19.7 Å². The maximum absolute atomic E-state index is 5.95. The van der Waals surface area contributed by atoms with Crippen LogP contribution in [-0.4, -0.2) is 67.8 Å². The van der Waals surface area contributed by atoms with Gasteiger partial charge in [-0.1, -0.05) is 19.9 Å². The van der Waals surface area contributed by atoms with Gasteiger partial charge in [-0.15, -0.1) is 0 Å². The minimum absolute atomic E-state index is 0.645. The van der Waals surface area contributed by atoms with Crippen LogP contribution in [0.3, 0.4) is 0 Å². The molecule has 166 valence electrons. The number of nitrogens with zero attached hydrogens (tertiary/aromatic N) is 4. The molecule has 7 heteroatoms. The van der Waals surface area contributed by atoms with Crippen LogP contribution in [0, 0.1) is 0 Å². The molecule has 0 atom stereocenters. The van der Waals surface area contributed by atoms with Gasteiger partial charge in [-0.25, -0.2) is 0 Å². The molecule has 0 spiro atoms. The van der Waals surface area contributed by atoms with Crippen LogP contribution in [0.4, 0.5) is 0 Å². The van der Waals surface area contributed by atoms with Crippen molar-refractivity contribution in [2.45, 2.75) is 26.9 Å². The Hall–Kier alpha value is -2.67. The molecule has 0 fully saturated rings. The quantitative estimate of drug-likeness (QED) is 0.452.